The van der Waals surface area contributed by atoms with E-state index in [1.54, 1.807) is 23.7 Å². The third-order valence-electron chi connectivity index (χ3n) is 6.40. The molecule has 1 aliphatic heterocycles. The first-order valence-electron chi connectivity index (χ1n) is 10.6. The number of fused-ring (bicyclic) bond motifs is 1. The van der Waals surface area contributed by atoms with E-state index in [9.17, 15) is 15.3 Å². The third kappa shape index (κ3) is 2.97. The van der Waals surface area contributed by atoms with Crippen molar-refractivity contribution in [2.45, 2.75) is 50.9 Å². The van der Waals surface area contributed by atoms with Gasteiger partial charge in [-0.1, -0.05) is 6.07 Å². The van der Waals surface area contributed by atoms with E-state index in [1.165, 1.54) is 4.88 Å². The molecule has 0 spiro atoms. The molecule has 0 fully saturated rings. The van der Waals surface area contributed by atoms with E-state index in [1.807, 2.05) is 17.0 Å². The predicted molar refractivity (Wildman–Crippen MR) is 118 cm³/mol. The van der Waals surface area contributed by atoms with E-state index in [0.717, 1.165) is 53.9 Å². The normalized spacial score (nSPS) is 20.8. The highest BCUT2D eigenvalue weighted by Crippen LogP contribution is 2.49. The van der Waals surface area contributed by atoms with Crippen LogP contribution < -0.4 is 10.6 Å². The fourth-order valence-corrected chi connectivity index (χ4v) is 6.40. The number of carbonyl (C=O) groups excluding carboxylic acids is 1. The van der Waals surface area contributed by atoms with Crippen LogP contribution in [-0.4, -0.2) is 10.8 Å². The Morgan fingerprint density at radius 1 is 1.13 bits per heavy atom. The number of carbonyl (C=O) groups is 1. The Kier molecular flexibility index (Phi) is 4.84. The Morgan fingerprint density at radius 3 is 2.71 bits per heavy atom. The van der Waals surface area contributed by atoms with Crippen molar-refractivity contribution in [3.63, 3.8) is 0 Å². The molecule has 2 N–H and O–H groups in total. The average molecular weight is 428 g/mol. The van der Waals surface area contributed by atoms with Gasteiger partial charge in [0, 0.05) is 35.0 Å². The van der Waals surface area contributed by atoms with Crippen molar-refractivity contribution < 1.29 is 4.79 Å². The molecule has 1 atom stereocenters. The number of nitrogens with zero attached hydrogens (tertiary/aromatic N) is 4. The van der Waals surface area contributed by atoms with Crippen LogP contribution in [0, 0.1) is 22.7 Å². The largest absolute Gasteiger partial charge is 0.384 e. The van der Waals surface area contributed by atoms with E-state index in [2.05, 4.69) is 17.1 Å². The number of allylic oxidation sites excluding steroid dienone is 3. The van der Waals surface area contributed by atoms with Crippen molar-refractivity contribution in [1.82, 2.24) is 4.98 Å². The van der Waals surface area contributed by atoms with Crippen molar-refractivity contribution >= 4 is 22.1 Å². The average Bonchev–Trinajstić information content (AvgIpc) is 3.17. The van der Waals surface area contributed by atoms with Crippen molar-refractivity contribution in [2.75, 3.05) is 4.90 Å². The Balaban J connectivity index is 1.77. The van der Waals surface area contributed by atoms with Crippen molar-refractivity contribution in [1.29, 1.82) is 10.5 Å². The maximum Gasteiger partial charge on any atom is 0.161 e. The van der Waals surface area contributed by atoms with Gasteiger partial charge < -0.3 is 5.73 Å². The summed E-state index contributed by atoms with van der Waals surface area (Å²) in [7, 11) is 0. The number of nitrogens with two attached hydrogens (primary N) is 1. The molecule has 5 rings (SSSR count). The number of pyridine rings is 1. The second-order valence-electron chi connectivity index (χ2n) is 8.11. The van der Waals surface area contributed by atoms with Crippen LogP contribution in [0.3, 0.4) is 0 Å². The summed E-state index contributed by atoms with van der Waals surface area (Å²) >= 11 is 1.59. The van der Waals surface area contributed by atoms with Gasteiger partial charge in [-0.05, 0) is 55.7 Å². The molecule has 3 heterocycles. The second kappa shape index (κ2) is 7.68. The number of hydrogen-bond donors (Lipinski definition) is 1. The van der Waals surface area contributed by atoms with Gasteiger partial charge >= 0.3 is 0 Å². The Bertz CT molecular complexity index is 1230. The van der Waals surface area contributed by atoms with Gasteiger partial charge in [-0.3, -0.25) is 14.7 Å². The van der Waals surface area contributed by atoms with Gasteiger partial charge in [0.15, 0.2) is 5.78 Å². The number of nitriles is 2. The van der Waals surface area contributed by atoms with Gasteiger partial charge in [0.05, 0.1) is 23.1 Å². The molecule has 154 valence electrons. The summed E-state index contributed by atoms with van der Waals surface area (Å²) in [5.41, 5.74) is 11.0. The molecule has 2 aliphatic carbocycles. The Labute approximate surface area is 184 Å². The number of aromatic nitrogens is 1. The standard InChI is InChI=1S/C24H21N5OS/c25-11-16-15-6-1-2-9-20(15)31-24(16)29-18-7-3-8-19(30)22(18)21(17(12-26)23(29)27)14-5-4-10-28-13-14/h4-5,10,13,21H,1-3,6-9,27H2/t21-/m1/s1. The maximum absolute atomic E-state index is 13.2. The monoisotopic (exact) mass is 427 g/mol. The molecule has 0 saturated heterocycles. The van der Waals surface area contributed by atoms with Gasteiger partial charge in [0.25, 0.3) is 0 Å². The minimum atomic E-state index is -0.516. The van der Waals surface area contributed by atoms with Crippen LogP contribution in [0.15, 0.2) is 47.2 Å². The topological polar surface area (TPSA) is 107 Å². The molecular formula is C24H21N5OS. The smallest absolute Gasteiger partial charge is 0.161 e. The molecule has 0 amide bonds. The highest BCUT2D eigenvalue weighted by molar-refractivity contribution is 7.16. The predicted octanol–water partition coefficient (Wildman–Crippen LogP) is 4.20. The number of rotatable bonds is 2. The first-order valence-corrected chi connectivity index (χ1v) is 11.4. The minimum Gasteiger partial charge on any atom is -0.384 e. The minimum absolute atomic E-state index is 0.0418. The van der Waals surface area contributed by atoms with Crippen molar-refractivity contribution in [2.24, 2.45) is 5.73 Å². The lowest BCUT2D eigenvalue weighted by molar-refractivity contribution is -0.116. The fraction of sp³-hybridized carbons (Fsp3) is 0.333. The Hall–Kier alpha value is -3.42. The van der Waals surface area contributed by atoms with Gasteiger partial charge in [0.1, 0.15) is 16.9 Å². The summed E-state index contributed by atoms with van der Waals surface area (Å²) in [5.74, 6) is -0.155. The molecule has 0 aromatic carbocycles. The molecule has 0 radical (unpaired) electrons. The van der Waals surface area contributed by atoms with Crippen LogP contribution in [0.2, 0.25) is 0 Å². The van der Waals surface area contributed by atoms with E-state index < -0.39 is 5.92 Å². The number of ketones is 1. The highest BCUT2D eigenvalue weighted by Gasteiger charge is 2.42. The van der Waals surface area contributed by atoms with Crippen LogP contribution in [0.1, 0.15) is 59.6 Å². The maximum atomic E-state index is 13.2. The lowest BCUT2D eigenvalue weighted by Gasteiger charge is -2.39. The molecule has 0 unspecified atom stereocenters. The van der Waals surface area contributed by atoms with Crippen LogP contribution in [-0.2, 0) is 17.6 Å². The third-order valence-corrected chi connectivity index (χ3v) is 7.68. The number of hydrogen-bond acceptors (Lipinski definition) is 7. The summed E-state index contributed by atoms with van der Waals surface area (Å²) in [6.07, 6.45) is 9.27. The lowest BCUT2D eigenvalue weighted by atomic mass is 9.76. The Morgan fingerprint density at radius 2 is 1.97 bits per heavy atom. The number of Topliss-reactive ketones (excluding diaryl/α,β-unsaturated/α-hetero) is 1. The summed E-state index contributed by atoms with van der Waals surface area (Å²) in [4.78, 5) is 20.4. The molecular weight excluding hydrogens is 406 g/mol. The summed E-state index contributed by atoms with van der Waals surface area (Å²) < 4.78 is 0. The summed E-state index contributed by atoms with van der Waals surface area (Å²) in [5, 5.41) is 20.8. The van der Waals surface area contributed by atoms with E-state index in [-0.39, 0.29) is 5.78 Å². The van der Waals surface area contributed by atoms with Crippen LogP contribution in [0.25, 0.3) is 0 Å². The number of anilines is 1. The number of thiophene rings is 1. The molecule has 3 aliphatic rings. The summed E-state index contributed by atoms with van der Waals surface area (Å²) in [6, 6.07) is 8.36. The first kappa shape index (κ1) is 19.5. The van der Waals surface area contributed by atoms with E-state index in [4.69, 9.17) is 5.73 Å². The van der Waals surface area contributed by atoms with Crippen molar-refractivity contribution in [3.05, 3.63) is 68.8 Å². The van der Waals surface area contributed by atoms with Crippen LogP contribution in [0.5, 0.6) is 0 Å². The van der Waals surface area contributed by atoms with Gasteiger partial charge in [0.2, 0.25) is 0 Å². The van der Waals surface area contributed by atoms with Gasteiger partial charge in [-0.15, -0.1) is 11.3 Å². The van der Waals surface area contributed by atoms with Gasteiger partial charge in [-0.25, -0.2) is 0 Å². The molecule has 0 bridgehead atoms. The highest BCUT2D eigenvalue weighted by atomic mass is 32.1. The SMILES string of the molecule is N#CC1=C(N)N(c2sc3c(c2C#N)CCCC3)C2=C(C(=O)CCC2)[C@@H]1c1cccnc1. The molecule has 2 aromatic rings. The zero-order valence-electron chi connectivity index (χ0n) is 17.0. The summed E-state index contributed by atoms with van der Waals surface area (Å²) in [6.45, 7) is 0. The zero-order chi connectivity index (χ0) is 21.5. The fourth-order valence-electron chi connectivity index (χ4n) is 5.02. The van der Waals surface area contributed by atoms with E-state index >= 15 is 0 Å². The van der Waals surface area contributed by atoms with Crippen LogP contribution in [0.4, 0.5) is 5.00 Å². The van der Waals surface area contributed by atoms with Crippen LogP contribution >= 0.6 is 11.3 Å². The van der Waals surface area contributed by atoms with Gasteiger partial charge in [-0.2, -0.15) is 10.5 Å². The van der Waals surface area contributed by atoms with E-state index in [0.29, 0.717) is 35.4 Å². The zero-order valence-corrected chi connectivity index (χ0v) is 17.8. The molecule has 6 nitrogen and oxygen atoms in total. The molecule has 31 heavy (non-hydrogen) atoms. The number of aryl methyl sites for hydroxylation is 1. The molecule has 7 heteroatoms. The van der Waals surface area contributed by atoms with Crippen molar-refractivity contribution in [3.8, 4) is 12.1 Å². The lowest BCUT2D eigenvalue weighted by Crippen LogP contribution is -2.38. The molecule has 0 saturated carbocycles. The molecule has 2 aromatic heterocycles. The quantitative estimate of drug-likeness (QED) is 0.770. The first-order chi connectivity index (χ1) is 15.2. The second-order valence-corrected chi connectivity index (χ2v) is 9.19.